The Kier molecular flexibility index (Phi) is 3.23. The molecular formula is C13H14N2O2. The van der Waals surface area contributed by atoms with Crippen LogP contribution in [0.1, 0.15) is 23.0 Å². The first kappa shape index (κ1) is 11.4. The Labute approximate surface area is 99.7 Å². The van der Waals surface area contributed by atoms with E-state index >= 15 is 0 Å². The van der Waals surface area contributed by atoms with Crippen LogP contribution in [0.3, 0.4) is 0 Å². The largest absolute Gasteiger partial charge is 0.461 e. The zero-order chi connectivity index (χ0) is 12.3. The number of carbonyl (C=O) groups excluding carboxylic acids is 1. The van der Waals surface area contributed by atoms with Crippen molar-refractivity contribution in [3.05, 3.63) is 42.0 Å². The maximum Gasteiger partial charge on any atom is 0.355 e. The number of rotatable bonds is 3. The first-order chi connectivity index (χ1) is 8.24. The Morgan fingerprint density at radius 3 is 2.76 bits per heavy atom. The van der Waals surface area contributed by atoms with Gasteiger partial charge in [-0.05, 0) is 37.1 Å². The molecule has 0 aliphatic heterocycles. The molecule has 4 nitrogen and oxygen atoms in total. The van der Waals surface area contributed by atoms with Crippen molar-refractivity contribution >= 4 is 5.97 Å². The molecule has 0 saturated heterocycles. The topological polar surface area (TPSA) is 55.0 Å². The van der Waals surface area contributed by atoms with E-state index in [-0.39, 0.29) is 5.97 Å². The van der Waals surface area contributed by atoms with Crippen LogP contribution in [-0.2, 0) is 4.74 Å². The van der Waals surface area contributed by atoms with Gasteiger partial charge >= 0.3 is 5.97 Å². The highest BCUT2D eigenvalue weighted by Crippen LogP contribution is 2.25. The fraction of sp³-hybridized carbons (Fsp3) is 0.231. The van der Waals surface area contributed by atoms with Gasteiger partial charge in [0.25, 0.3) is 0 Å². The average molecular weight is 230 g/mol. The van der Waals surface area contributed by atoms with Gasteiger partial charge in [-0.25, -0.2) is 4.79 Å². The Morgan fingerprint density at radius 2 is 2.12 bits per heavy atom. The number of hydrogen-bond donors (Lipinski definition) is 1. The number of pyridine rings is 1. The van der Waals surface area contributed by atoms with Crippen molar-refractivity contribution in [3.63, 3.8) is 0 Å². The summed E-state index contributed by atoms with van der Waals surface area (Å²) in [5, 5.41) is 0. The summed E-state index contributed by atoms with van der Waals surface area (Å²) in [7, 11) is 0. The number of aromatic amines is 1. The standard InChI is InChI=1S/C13H14N2O2/c1-3-17-13(16)12-9(2)11(8-15-12)10-4-6-14-7-5-10/h4-8,15H,3H2,1-2H3. The fourth-order valence-corrected chi connectivity index (χ4v) is 1.74. The first-order valence-electron chi connectivity index (χ1n) is 5.49. The lowest BCUT2D eigenvalue weighted by Crippen LogP contribution is -2.06. The number of esters is 1. The first-order valence-corrected chi connectivity index (χ1v) is 5.49. The van der Waals surface area contributed by atoms with Gasteiger partial charge < -0.3 is 9.72 Å². The zero-order valence-electron chi connectivity index (χ0n) is 9.86. The second kappa shape index (κ2) is 4.82. The average Bonchev–Trinajstić information content (AvgIpc) is 2.72. The summed E-state index contributed by atoms with van der Waals surface area (Å²) in [6.45, 7) is 4.07. The minimum Gasteiger partial charge on any atom is -0.461 e. The van der Waals surface area contributed by atoms with E-state index in [9.17, 15) is 4.79 Å². The van der Waals surface area contributed by atoms with Crippen LogP contribution in [0.2, 0.25) is 0 Å². The molecule has 2 aromatic rings. The number of ether oxygens (including phenoxy) is 1. The Morgan fingerprint density at radius 1 is 1.41 bits per heavy atom. The Hall–Kier alpha value is -2.10. The molecule has 2 aromatic heterocycles. The van der Waals surface area contributed by atoms with E-state index in [4.69, 9.17) is 4.74 Å². The van der Waals surface area contributed by atoms with Crippen molar-refractivity contribution in [1.29, 1.82) is 0 Å². The summed E-state index contributed by atoms with van der Waals surface area (Å²) < 4.78 is 4.98. The van der Waals surface area contributed by atoms with Crippen LogP contribution in [0.15, 0.2) is 30.7 Å². The second-order valence-electron chi connectivity index (χ2n) is 3.66. The molecule has 0 aliphatic carbocycles. The van der Waals surface area contributed by atoms with Crippen molar-refractivity contribution in [3.8, 4) is 11.1 Å². The van der Waals surface area contributed by atoms with Gasteiger partial charge in [0.05, 0.1) is 6.61 Å². The molecule has 2 heterocycles. The molecule has 0 saturated carbocycles. The van der Waals surface area contributed by atoms with E-state index in [1.54, 1.807) is 19.3 Å². The molecule has 0 bridgehead atoms. The van der Waals surface area contributed by atoms with Crippen molar-refractivity contribution < 1.29 is 9.53 Å². The molecule has 0 atom stereocenters. The normalized spacial score (nSPS) is 10.2. The molecule has 17 heavy (non-hydrogen) atoms. The highest BCUT2D eigenvalue weighted by Gasteiger charge is 2.15. The SMILES string of the molecule is CCOC(=O)c1[nH]cc(-c2ccncc2)c1C. The molecule has 0 aromatic carbocycles. The quantitative estimate of drug-likeness (QED) is 0.824. The smallest absolute Gasteiger partial charge is 0.355 e. The van der Waals surface area contributed by atoms with Gasteiger partial charge in [-0.1, -0.05) is 0 Å². The number of H-pyrrole nitrogens is 1. The maximum atomic E-state index is 11.6. The Bertz CT molecular complexity index is 517. The van der Waals surface area contributed by atoms with E-state index in [0.29, 0.717) is 12.3 Å². The van der Waals surface area contributed by atoms with Gasteiger partial charge in [0.1, 0.15) is 5.69 Å². The zero-order valence-corrected chi connectivity index (χ0v) is 9.86. The van der Waals surface area contributed by atoms with Crippen molar-refractivity contribution in [2.45, 2.75) is 13.8 Å². The molecule has 0 fully saturated rings. The lowest BCUT2D eigenvalue weighted by atomic mass is 10.1. The van der Waals surface area contributed by atoms with Crippen LogP contribution in [0.25, 0.3) is 11.1 Å². The van der Waals surface area contributed by atoms with Crippen molar-refractivity contribution in [1.82, 2.24) is 9.97 Å². The highest BCUT2D eigenvalue weighted by atomic mass is 16.5. The van der Waals surface area contributed by atoms with Gasteiger partial charge in [0, 0.05) is 24.2 Å². The van der Waals surface area contributed by atoms with Crippen LogP contribution in [0, 0.1) is 6.92 Å². The molecule has 0 spiro atoms. The molecule has 4 heteroatoms. The second-order valence-corrected chi connectivity index (χ2v) is 3.66. The van der Waals surface area contributed by atoms with Crippen LogP contribution in [-0.4, -0.2) is 22.5 Å². The van der Waals surface area contributed by atoms with Crippen LogP contribution in [0.4, 0.5) is 0 Å². The number of nitrogens with one attached hydrogen (secondary N) is 1. The molecule has 88 valence electrons. The molecular weight excluding hydrogens is 216 g/mol. The number of aromatic nitrogens is 2. The number of hydrogen-bond acceptors (Lipinski definition) is 3. The van der Waals surface area contributed by atoms with Gasteiger partial charge in [0.2, 0.25) is 0 Å². The number of nitrogens with zero attached hydrogens (tertiary/aromatic N) is 1. The molecule has 0 aliphatic rings. The molecule has 0 unspecified atom stereocenters. The van der Waals surface area contributed by atoms with E-state index in [2.05, 4.69) is 9.97 Å². The predicted molar refractivity (Wildman–Crippen MR) is 64.7 cm³/mol. The predicted octanol–water partition coefficient (Wildman–Crippen LogP) is 2.56. The third-order valence-electron chi connectivity index (χ3n) is 2.61. The Balaban J connectivity index is 2.37. The van der Waals surface area contributed by atoms with Gasteiger partial charge in [-0.2, -0.15) is 0 Å². The minimum atomic E-state index is -0.315. The lowest BCUT2D eigenvalue weighted by Gasteiger charge is -2.02. The summed E-state index contributed by atoms with van der Waals surface area (Å²) in [4.78, 5) is 18.6. The minimum absolute atomic E-state index is 0.315. The van der Waals surface area contributed by atoms with E-state index in [1.807, 2.05) is 25.3 Å². The summed E-state index contributed by atoms with van der Waals surface area (Å²) >= 11 is 0. The van der Waals surface area contributed by atoms with E-state index < -0.39 is 0 Å². The van der Waals surface area contributed by atoms with Gasteiger partial charge in [0.15, 0.2) is 0 Å². The van der Waals surface area contributed by atoms with E-state index in [1.165, 1.54) is 0 Å². The van der Waals surface area contributed by atoms with E-state index in [0.717, 1.165) is 16.7 Å². The van der Waals surface area contributed by atoms with Gasteiger partial charge in [-0.15, -0.1) is 0 Å². The maximum absolute atomic E-state index is 11.6. The number of carbonyl (C=O) groups is 1. The van der Waals surface area contributed by atoms with Crippen LogP contribution < -0.4 is 0 Å². The van der Waals surface area contributed by atoms with Crippen LogP contribution in [0.5, 0.6) is 0 Å². The molecule has 0 amide bonds. The van der Waals surface area contributed by atoms with Crippen molar-refractivity contribution in [2.75, 3.05) is 6.61 Å². The monoisotopic (exact) mass is 230 g/mol. The van der Waals surface area contributed by atoms with Crippen LogP contribution >= 0.6 is 0 Å². The van der Waals surface area contributed by atoms with Crippen molar-refractivity contribution in [2.24, 2.45) is 0 Å². The third kappa shape index (κ3) is 2.20. The summed E-state index contributed by atoms with van der Waals surface area (Å²) in [6, 6.07) is 3.82. The third-order valence-corrected chi connectivity index (χ3v) is 2.61. The van der Waals surface area contributed by atoms with Gasteiger partial charge in [-0.3, -0.25) is 4.98 Å². The summed E-state index contributed by atoms with van der Waals surface area (Å²) in [5.74, 6) is -0.315. The molecule has 2 rings (SSSR count). The molecule has 1 N–H and O–H groups in total. The lowest BCUT2D eigenvalue weighted by molar-refractivity contribution is 0.0519. The molecule has 0 radical (unpaired) electrons. The fourth-order valence-electron chi connectivity index (χ4n) is 1.74. The summed E-state index contributed by atoms with van der Waals surface area (Å²) in [5.41, 5.74) is 3.44. The summed E-state index contributed by atoms with van der Waals surface area (Å²) in [6.07, 6.45) is 5.27. The highest BCUT2D eigenvalue weighted by molar-refractivity contribution is 5.91.